The van der Waals surface area contributed by atoms with Gasteiger partial charge in [-0.3, -0.25) is 4.79 Å². The number of hydrogen-bond donors (Lipinski definition) is 3. The summed E-state index contributed by atoms with van der Waals surface area (Å²) in [7, 11) is 2.14. The maximum Gasteiger partial charge on any atom is 0.232 e. The van der Waals surface area contributed by atoms with Gasteiger partial charge in [0.2, 0.25) is 5.91 Å². The highest BCUT2D eigenvalue weighted by atomic mass is 35.5. The minimum atomic E-state index is -0.442. The molecule has 1 aromatic carbocycles. The van der Waals surface area contributed by atoms with Crippen LogP contribution in [0.15, 0.2) is 47.6 Å². The van der Waals surface area contributed by atoms with Crippen LogP contribution < -0.4 is 16.0 Å². The third kappa shape index (κ3) is 8.31. The first kappa shape index (κ1) is 33.5. The lowest BCUT2D eigenvalue weighted by Gasteiger charge is -2.19. The van der Waals surface area contributed by atoms with Gasteiger partial charge in [-0.25, -0.2) is 9.37 Å². The molecule has 0 bridgehead atoms. The van der Waals surface area contributed by atoms with E-state index in [2.05, 4.69) is 50.0 Å². The van der Waals surface area contributed by atoms with Gasteiger partial charge in [-0.1, -0.05) is 18.5 Å². The Hall–Kier alpha value is -2.83. The maximum atomic E-state index is 14.7. The summed E-state index contributed by atoms with van der Waals surface area (Å²) in [4.78, 5) is 20.0. The first-order chi connectivity index (χ1) is 21.4. The van der Waals surface area contributed by atoms with Crippen LogP contribution in [0, 0.1) is 16.6 Å². The molecule has 2 heterocycles. The second-order valence-corrected chi connectivity index (χ2v) is 14.6. The van der Waals surface area contributed by atoms with Crippen molar-refractivity contribution in [3.8, 4) is 11.3 Å². The lowest BCUT2D eigenvalue weighted by molar-refractivity contribution is -0.119. The van der Waals surface area contributed by atoms with E-state index in [4.69, 9.17) is 16.3 Å². The zero-order valence-corrected chi connectivity index (χ0v) is 28.2. The van der Waals surface area contributed by atoms with Crippen molar-refractivity contribution < 1.29 is 13.9 Å². The van der Waals surface area contributed by atoms with E-state index in [0.29, 0.717) is 45.3 Å². The molecule has 5 rings (SSSR count). The minimum Gasteiger partial charge on any atom is -0.375 e. The van der Waals surface area contributed by atoms with E-state index >= 15 is 0 Å². The van der Waals surface area contributed by atoms with Crippen molar-refractivity contribution in [1.82, 2.24) is 25.4 Å². The number of anilines is 3. The number of fused-ring (bicyclic) bond motifs is 1. The number of nitrogens with zero attached hydrogens (tertiary/aromatic N) is 4. The molecule has 3 aromatic rings. The summed E-state index contributed by atoms with van der Waals surface area (Å²) in [5.74, 6) is 0.702. The zero-order chi connectivity index (χ0) is 32.2. The van der Waals surface area contributed by atoms with Gasteiger partial charge in [0, 0.05) is 53.9 Å². The summed E-state index contributed by atoms with van der Waals surface area (Å²) in [5, 5.41) is 19.7. The van der Waals surface area contributed by atoms with Crippen molar-refractivity contribution in [2.24, 2.45) is 10.8 Å². The van der Waals surface area contributed by atoms with Gasteiger partial charge in [-0.05, 0) is 89.4 Å². The summed E-state index contributed by atoms with van der Waals surface area (Å²) in [6, 6.07) is 9.69. The number of pyridine rings is 1. The molecular formula is C33H43ClFN7O2S. The Kier molecular flexibility index (Phi) is 10.3. The Morgan fingerprint density at radius 1 is 1.16 bits per heavy atom. The monoisotopic (exact) mass is 655 g/mol. The number of likely N-dealkylation sites (N-methyl/N-ethyl adjacent to an activating group) is 1. The highest BCUT2D eigenvalue weighted by molar-refractivity contribution is 7.99. The average Bonchev–Trinajstić information content (AvgIpc) is 3.83. The van der Waals surface area contributed by atoms with Crippen LogP contribution in [0.5, 0.6) is 0 Å². The maximum absolute atomic E-state index is 14.7. The molecule has 1 amide bonds. The predicted octanol–water partition coefficient (Wildman–Crippen LogP) is 6.63. The van der Waals surface area contributed by atoms with Gasteiger partial charge in [0.25, 0.3) is 0 Å². The average molecular weight is 656 g/mol. The quantitative estimate of drug-likeness (QED) is 0.116. The third-order valence-corrected chi connectivity index (χ3v) is 9.50. The highest BCUT2D eigenvalue weighted by Crippen LogP contribution is 2.85. The van der Waals surface area contributed by atoms with Gasteiger partial charge in [-0.2, -0.15) is 0 Å². The molecule has 2 aromatic heterocycles. The molecule has 2 aliphatic carbocycles. The standard InChI is InChI=1S/C33H43ClFN7O2S/c1-6-12-42(5)13-11-36-21-32-19-33(32,20-32)30(43)39-28-17-23(9-10-37-28)38-27-18-26(24-16-22(34)7-8-25(24)35)40-41-29(27)45-15-14-44-31(2,3)4/h7-10,16-18,36H,6,11-15,19-21H2,1-5H3,(H2,37,38,39,40,43). The Balaban J connectivity index is 1.25. The van der Waals surface area contributed by atoms with E-state index in [-0.39, 0.29) is 27.9 Å². The van der Waals surface area contributed by atoms with Crippen LogP contribution in [0.2, 0.25) is 5.02 Å². The lowest BCUT2D eigenvalue weighted by atomic mass is 10.1. The van der Waals surface area contributed by atoms with Crippen molar-refractivity contribution in [2.75, 3.05) is 56.2 Å². The molecule has 0 unspecified atom stereocenters. The van der Waals surface area contributed by atoms with Gasteiger partial charge in [-0.15, -0.1) is 22.0 Å². The highest BCUT2D eigenvalue weighted by Gasteiger charge is 2.86. The number of carbonyl (C=O) groups is 1. The summed E-state index contributed by atoms with van der Waals surface area (Å²) in [6.07, 6.45) is 4.61. The molecule has 0 atom stereocenters. The summed E-state index contributed by atoms with van der Waals surface area (Å²) < 4.78 is 20.6. The Morgan fingerprint density at radius 3 is 2.71 bits per heavy atom. The Bertz CT molecular complexity index is 1510. The molecule has 0 aliphatic heterocycles. The van der Waals surface area contributed by atoms with Crippen molar-refractivity contribution >= 4 is 46.5 Å². The van der Waals surface area contributed by atoms with Crippen molar-refractivity contribution in [3.63, 3.8) is 0 Å². The van der Waals surface area contributed by atoms with Crippen molar-refractivity contribution in [3.05, 3.63) is 53.4 Å². The number of nitrogens with one attached hydrogen (secondary N) is 3. The van der Waals surface area contributed by atoms with Gasteiger partial charge in [0.15, 0.2) is 0 Å². The van der Waals surface area contributed by atoms with E-state index in [9.17, 15) is 9.18 Å². The molecule has 3 N–H and O–H groups in total. The lowest BCUT2D eigenvalue weighted by Crippen LogP contribution is -2.31. The van der Waals surface area contributed by atoms with Crippen LogP contribution >= 0.6 is 23.4 Å². The van der Waals surface area contributed by atoms with Crippen LogP contribution in [0.1, 0.15) is 47.0 Å². The SMILES string of the molecule is CCCN(C)CCNCC12CC1(C(=O)Nc1cc(Nc3cc(-c4cc(Cl)ccc4F)nnc3SCCOC(C)(C)C)ccn1)C2. The Labute approximate surface area is 274 Å². The fraction of sp³-hybridized carbons (Fsp3) is 0.515. The van der Waals surface area contributed by atoms with Crippen LogP contribution in [0.25, 0.3) is 11.3 Å². The second kappa shape index (κ2) is 13.9. The smallest absolute Gasteiger partial charge is 0.232 e. The number of aromatic nitrogens is 3. The summed E-state index contributed by atoms with van der Waals surface area (Å²) in [6.45, 7) is 12.6. The van der Waals surface area contributed by atoms with E-state index in [1.54, 1.807) is 18.3 Å². The summed E-state index contributed by atoms with van der Waals surface area (Å²) in [5.41, 5.74) is 1.48. The molecule has 45 heavy (non-hydrogen) atoms. The normalized spacial score (nSPS) is 20.2. The molecule has 9 nitrogen and oxygen atoms in total. The second-order valence-electron chi connectivity index (χ2n) is 13.1. The molecule has 0 radical (unpaired) electrons. The molecule has 2 fully saturated rings. The molecule has 2 aliphatic rings. The van der Waals surface area contributed by atoms with E-state index < -0.39 is 5.82 Å². The molecule has 0 spiro atoms. The predicted molar refractivity (Wildman–Crippen MR) is 180 cm³/mol. The minimum absolute atomic E-state index is 0.0245. The fourth-order valence-corrected chi connectivity index (χ4v) is 6.55. The summed E-state index contributed by atoms with van der Waals surface area (Å²) >= 11 is 7.64. The van der Waals surface area contributed by atoms with Crippen LogP contribution in [-0.2, 0) is 9.53 Å². The number of rotatable bonds is 16. The van der Waals surface area contributed by atoms with E-state index in [1.165, 1.54) is 30.0 Å². The van der Waals surface area contributed by atoms with Crippen LogP contribution in [-0.4, -0.2) is 77.2 Å². The third-order valence-electron chi connectivity index (χ3n) is 8.32. The first-order valence-electron chi connectivity index (χ1n) is 15.5. The van der Waals surface area contributed by atoms with E-state index in [1.807, 2.05) is 26.8 Å². The van der Waals surface area contributed by atoms with Crippen LogP contribution in [0.4, 0.5) is 21.6 Å². The van der Waals surface area contributed by atoms with Gasteiger partial charge < -0.3 is 25.6 Å². The molecule has 2 saturated carbocycles. The zero-order valence-electron chi connectivity index (χ0n) is 26.7. The van der Waals surface area contributed by atoms with Gasteiger partial charge in [0.05, 0.1) is 29.0 Å². The number of halogens is 2. The Morgan fingerprint density at radius 2 is 1.96 bits per heavy atom. The number of benzene rings is 1. The van der Waals surface area contributed by atoms with Gasteiger partial charge >= 0.3 is 0 Å². The van der Waals surface area contributed by atoms with Crippen molar-refractivity contribution in [2.45, 2.75) is 57.6 Å². The largest absolute Gasteiger partial charge is 0.375 e. The fourth-order valence-electron chi connectivity index (χ4n) is 5.66. The van der Waals surface area contributed by atoms with E-state index in [0.717, 1.165) is 45.4 Å². The van der Waals surface area contributed by atoms with Gasteiger partial charge in [0.1, 0.15) is 16.7 Å². The molecule has 242 valence electrons. The number of carbonyl (C=O) groups excluding carboxylic acids is 1. The number of hydrogen-bond acceptors (Lipinski definition) is 9. The first-order valence-corrected chi connectivity index (χ1v) is 16.8. The van der Waals surface area contributed by atoms with Crippen LogP contribution in [0.3, 0.4) is 0 Å². The van der Waals surface area contributed by atoms with Crippen molar-refractivity contribution in [1.29, 1.82) is 0 Å². The molecular weight excluding hydrogens is 613 g/mol. The molecule has 12 heteroatoms. The topological polar surface area (TPSA) is 104 Å². The molecule has 0 saturated heterocycles. The number of ether oxygens (including phenoxy) is 1. The number of amides is 1. The number of thioether (sulfide) groups is 1.